The van der Waals surface area contributed by atoms with Gasteiger partial charge in [-0.3, -0.25) is 23.5 Å². The number of aromatic amines is 1. The van der Waals surface area contributed by atoms with Crippen molar-refractivity contribution >= 4 is 17.2 Å². The van der Waals surface area contributed by atoms with E-state index in [4.69, 9.17) is 5.73 Å². The SMILES string of the molecule is Nc1c(N(Cc2ccccc2)Cc2cc(=O)n3ccccc3n2)c(=O)[nH]c(=O)n1Cc1ccccc1. The van der Waals surface area contributed by atoms with E-state index >= 15 is 0 Å². The molecule has 9 heteroatoms. The van der Waals surface area contributed by atoms with E-state index in [9.17, 15) is 14.4 Å². The van der Waals surface area contributed by atoms with E-state index in [1.54, 1.807) is 29.3 Å². The topological polar surface area (TPSA) is 118 Å². The molecule has 0 aliphatic rings. The molecule has 0 saturated heterocycles. The molecule has 180 valence electrons. The molecule has 3 heterocycles. The van der Waals surface area contributed by atoms with Crippen LogP contribution in [0, 0.1) is 0 Å². The standard InChI is InChI=1S/C27H24N6O3/c28-25-24(26(35)30-27(36)33(25)17-20-11-5-2-6-12-20)31(16-19-9-3-1-4-10-19)18-21-15-23(34)32-14-8-7-13-22(32)29-21/h1-15H,16-18,28H2,(H,30,35,36). The molecular formula is C27H24N6O3. The minimum Gasteiger partial charge on any atom is -0.383 e. The van der Waals surface area contributed by atoms with Crippen LogP contribution in [-0.2, 0) is 19.6 Å². The van der Waals surface area contributed by atoms with Crippen LogP contribution in [0.4, 0.5) is 11.5 Å². The molecule has 9 nitrogen and oxygen atoms in total. The Morgan fingerprint density at radius 3 is 2.22 bits per heavy atom. The summed E-state index contributed by atoms with van der Waals surface area (Å²) in [5.41, 5.74) is 7.96. The van der Waals surface area contributed by atoms with Crippen molar-refractivity contribution in [2.45, 2.75) is 19.6 Å². The van der Waals surface area contributed by atoms with Crippen LogP contribution >= 0.6 is 0 Å². The van der Waals surface area contributed by atoms with E-state index < -0.39 is 11.2 Å². The summed E-state index contributed by atoms with van der Waals surface area (Å²) in [6.07, 6.45) is 1.65. The zero-order valence-corrected chi connectivity index (χ0v) is 19.4. The first kappa shape index (κ1) is 22.9. The largest absolute Gasteiger partial charge is 0.383 e. The summed E-state index contributed by atoms with van der Waals surface area (Å²) in [5, 5.41) is 0. The lowest BCUT2D eigenvalue weighted by atomic mass is 10.2. The van der Waals surface area contributed by atoms with Gasteiger partial charge in [0.05, 0.1) is 18.8 Å². The number of nitrogen functional groups attached to an aromatic ring is 1. The number of aromatic nitrogens is 4. The van der Waals surface area contributed by atoms with Gasteiger partial charge in [0.1, 0.15) is 17.2 Å². The molecule has 0 aliphatic heterocycles. The summed E-state index contributed by atoms with van der Waals surface area (Å²) in [4.78, 5) is 47.2. The molecule has 0 unspecified atom stereocenters. The third-order valence-corrected chi connectivity index (χ3v) is 5.91. The van der Waals surface area contributed by atoms with E-state index in [0.717, 1.165) is 11.1 Å². The van der Waals surface area contributed by atoms with Crippen LogP contribution in [0.25, 0.3) is 5.65 Å². The lowest BCUT2D eigenvalue weighted by Crippen LogP contribution is -2.38. The fourth-order valence-electron chi connectivity index (χ4n) is 4.20. The highest BCUT2D eigenvalue weighted by Crippen LogP contribution is 2.22. The fraction of sp³-hybridized carbons (Fsp3) is 0.111. The predicted molar refractivity (Wildman–Crippen MR) is 139 cm³/mol. The van der Waals surface area contributed by atoms with Gasteiger partial charge in [0.2, 0.25) is 0 Å². The van der Waals surface area contributed by atoms with Gasteiger partial charge in [0, 0.05) is 18.8 Å². The molecule has 2 aromatic carbocycles. The van der Waals surface area contributed by atoms with Crippen molar-refractivity contribution in [2.75, 3.05) is 10.6 Å². The number of benzene rings is 2. The van der Waals surface area contributed by atoms with Crippen LogP contribution in [-0.4, -0.2) is 18.9 Å². The number of nitrogens with two attached hydrogens (primary N) is 1. The molecule has 0 aliphatic carbocycles. The summed E-state index contributed by atoms with van der Waals surface area (Å²) in [6, 6.07) is 25.7. The predicted octanol–water partition coefficient (Wildman–Crippen LogP) is 2.38. The highest BCUT2D eigenvalue weighted by atomic mass is 16.2. The van der Waals surface area contributed by atoms with Crippen LogP contribution in [0.2, 0.25) is 0 Å². The van der Waals surface area contributed by atoms with Gasteiger partial charge in [-0.15, -0.1) is 0 Å². The lowest BCUT2D eigenvalue weighted by molar-refractivity contribution is 0.708. The van der Waals surface area contributed by atoms with Crippen molar-refractivity contribution in [1.82, 2.24) is 18.9 Å². The minimum atomic E-state index is -0.602. The number of nitrogens with one attached hydrogen (secondary N) is 1. The first-order valence-electron chi connectivity index (χ1n) is 11.4. The maximum absolute atomic E-state index is 13.1. The molecule has 36 heavy (non-hydrogen) atoms. The Balaban J connectivity index is 1.61. The highest BCUT2D eigenvalue weighted by molar-refractivity contribution is 5.63. The van der Waals surface area contributed by atoms with E-state index in [-0.39, 0.29) is 30.2 Å². The summed E-state index contributed by atoms with van der Waals surface area (Å²) in [6.45, 7) is 0.643. The van der Waals surface area contributed by atoms with Crippen LogP contribution < -0.4 is 27.4 Å². The highest BCUT2D eigenvalue weighted by Gasteiger charge is 2.21. The number of hydrogen-bond donors (Lipinski definition) is 2. The molecule has 5 rings (SSSR count). The summed E-state index contributed by atoms with van der Waals surface area (Å²) < 4.78 is 2.79. The molecule has 0 amide bonds. The molecule has 0 spiro atoms. The first-order valence-corrected chi connectivity index (χ1v) is 11.4. The molecule has 0 radical (unpaired) electrons. The van der Waals surface area contributed by atoms with Crippen molar-refractivity contribution < 1.29 is 0 Å². The van der Waals surface area contributed by atoms with Crippen LogP contribution in [0.1, 0.15) is 16.8 Å². The Bertz CT molecular complexity index is 1690. The second-order valence-electron chi connectivity index (χ2n) is 8.42. The normalized spacial score (nSPS) is 11.0. The average Bonchev–Trinajstić information content (AvgIpc) is 2.88. The zero-order valence-electron chi connectivity index (χ0n) is 19.4. The first-order chi connectivity index (χ1) is 17.5. The van der Waals surface area contributed by atoms with E-state index in [1.807, 2.05) is 60.7 Å². The summed E-state index contributed by atoms with van der Waals surface area (Å²) in [5.74, 6) is 0.0426. The molecule has 0 fully saturated rings. The quantitative estimate of drug-likeness (QED) is 0.369. The number of nitrogens with zero attached hydrogens (tertiary/aromatic N) is 4. The van der Waals surface area contributed by atoms with Gasteiger partial charge < -0.3 is 10.6 Å². The zero-order chi connectivity index (χ0) is 25.1. The Hall–Kier alpha value is -4.92. The number of rotatable bonds is 7. The van der Waals surface area contributed by atoms with E-state index in [0.29, 0.717) is 17.9 Å². The third kappa shape index (κ3) is 4.67. The average molecular weight is 481 g/mol. The molecule has 3 aromatic heterocycles. The molecule has 0 saturated carbocycles. The van der Waals surface area contributed by atoms with Gasteiger partial charge in [-0.2, -0.15) is 0 Å². The van der Waals surface area contributed by atoms with Crippen molar-refractivity contribution in [3.05, 3.63) is 139 Å². The molecule has 0 atom stereocenters. The van der Waals surface area contributed by atoms with Crippen molar-refractivity contribution in [2.24, 2.45) is 0 Å². The van der Waals surface area contributed by atoms with Gasteiger partial charge in [-0.25, -0.2) is 9.78 Å². The Morgan fingerprint density at radius 2 is 1.50 bits per heavy atom. The number of pyridine rings is 1. The Morgan fingerprint density at radius 1 is 0.833 bits per heavy atom. The number of anilines is 2. The van der Waals surface area contributed by atoms with Gasteiger partial charge in [-0.1, -0.05) is 66.7 Å². The molecule has 0 bridgehead atoms. The van der Waals surface area contributed by atoms with Crippen LogP contribution in [0.5, 0.6) is 0 Å². The van der Waals surface area contributed by atoms with E-state index in [2.05, 4.69) is 9.97 Å². The van der Waals surface area contributed by atoms with Crippen LogP contribution in [0.15, 0.2) is 106 Å². The van der Waals surface area contributed by atoms with Crippen molar-refractivity contribution in [1.29, 1.82) is 0 Å². The van der Waals surface area contributed by atoms with Crippen molar-refractivity contribution in [3.63, 3.8) is 0 Å². The van der Waals surface area contributed by atoms with Gasteiger partial charge >= 0.3 is 5.69 Å². The minimum absolute atomic E-state index is 0.0426. The smallest absolute Gasteiger partial charge is 0.330 e. The second kappa shape index (κ2) is 9.75. The lowest BCUT2D eigenvalue weighted by Gasteiger charge is -2.26. The number of H-pyrrole nitrogens is 1. The third-order valence-electron chi connectivity index (χ3n) is 5.91. The maximum Gasteiger partial charge on any atom is 0.330 e. The molecule has 3 N–H and O–H groups in total. The van der Waals surface area contributed by atoms with Gasteiger partial charge in [0.25, 0.3) is 11.1 Å². The maximum atomic E-state index is 13.1. The van der Waals surface area contributed by atoms with Gasteiger partial charge in [-0.05, 0) is 23.3 Å². The summed E-state index contributed by atoms with van der Waals surface area (Å²) >= 11 is 0. The van der Waals surface area contributed by atoms with Crippen molar-refractivity contribution in [3.8, 4) is 0 Å². The fourth-order valence-corrected chi connectivity index (χ4v) is 4.20. The number of fused-ring (bicyclic) bond motifs is 1. The Labute approximate surface area is 205 Å². The van der Waals surface area contributed by atoms with Gasteiger partial charge in [0.15, 0.2) is 0 Å². The van der Waals surface area contributed by atoms with Crippen LogP contribution in [0.3, 0.4) is 0 Å². The monoisotopic (exact) mass is 480 g/mol. The molecular weight excluding hydrogens is 456 g/mol. The number of hydrogen-bond acceptors (Lipinski definition) is 6. The van der Waals surface area contributed by atoms with E-state index in [1.165, 1.54) is 15.0 Å². The second-order valence-corrected chi connectivity index (χ2v) is 8.42. The molecule has 5 aromatic rings. The summed E-state index contributed by atoms with van der Waals surface area (Å²) in [7, 11) is 0. The Kier molecular flexibility index (Phi) is 6.19.